The molecule has 1 fully saturated rings. The van der Waals surface area contributed by atoms with Gasteiger partial charge in [0, 0.05) is 5.56 Å². The van der Waals surface area contributed by atoms with Gasteiger partial charge < -0.3 is 9.84 Å². The molecule has 1 saturated heterocycles. The molecule has 0 saturated carbocycles. The number of piperidine rings is 1. The molecule has 0 spiro atoms. The van der Waals surface area contributed by atoms with Gasteiger partial charge in [-0.2, -0.15) is 4.98 Å². The molecule has 21 heavy (non-hydrogen) atoms. The molecule has 2 aromatic carbocycles. The third kappa shape index (κ3) is 2.32. The Morgan fingerprint density at radius 3 is 2.86 bits per heavy atom. The zero-order valence-electron chi connectivity index (χ0n) is 11.7. The van der Waals surface area contributed by atoms with Crippen LogP contribution in [0.15, 0.2) is 47.0 Å². The predicted molar refractivity (Wildman–Crippen MR) is 81.8 cm³/mol. The van der Waals surface area contributed by atoms with Crippen LogP contribution in [0.4, 0.5) is 0 Å². The number of hydrogen-bond acceptors (Lipinski definition) is 4. The Bertz CT molecular complexity index is 754. The molecule has 3 aromatic rings. The molecule has 1 atom stereocenters. The van der Waals surface area contributed by atoms with Gasteiger partial charge in [-0.3, -0.25) is 0 Å². The normalized spacial score (nSPS) is 19.0. The van der Waals surface area contributed by atoms with Crippen molar-refractivity contribution in [3.8, 4) is 11.4 Å². The fourth-order valence-electron chi connectivity index (χ4n) is 2.97. The van der Waals surface area contributed by atoms with E-state index in [1.165, 1.54) is 18.2 Å². The lowest BCUT2D eigenvalue weighted by molar-refractivity contribution is 0.297. The lowest BCUT2D eigenvalue weighted by Crippen LogP contribution is -2.26. The van der Waals surface area contributed by atoms with Crippen LogP contribution < -0.4 is 5.32 Å². The molecule has 1 N–H and O–H groups in total. The quantitative estimate of drug-likeness (QED) is 0.777. The van der Waals surface area contributed by atoms with Gasteiger partial charge in [-0.25, -0.2) is 0 Å². The number of benzene rings is 2. The van der Waals surface area contributed by atoms with Gasteiger partial charge >= 0.3 is 0 Å². The van der Waals surface area contributed by atoms with Crippen molar-refractivity contribution in [1.29, 1.82) is 0 Å². The van der Waals surface area contributed by atoms with Crippen LogP contribution in [-0.4, -0.2) is 16.7 Å². The van der Waals surface area contributed by atoms with Crippen molar-refractivity contribution < 1.29 is 4.52 Å². The lowest BCUT2D eigenvalue weighted by atomic mass is 10.0. The third-order valence-corrected chi connectivity index (χ3v) is 4.08. The molecule has 0 amide bonds. The molecule has 4 rings (SSSR count). The van der Waals surface area contributed by atoms with Gasteiger partial charge in [-0.1, -0.05) is 54.0 Å². The van der Waals surface area contributed by atoms with Crippen LogP contribution in [0.25, 0.3) is 22.2 Å². The van der Waals surface area contributed by atoms with E-state index in [2.05, 4.69) is 33.7 Å². The Kier molecular flexibility index (Phi) is 3.16. The SMILES string of the molecule is c1ccc2c(-c3noc(C4CCCCN4)n3)cccc2c1. The second-order valence-electron chi connectivity index (χ2n) is 5.49. The first-order chi connectivity index (χ1) is 10.4. The first-order valence-corrected chi connectivity index (χ1v) is 7.47. The molecule has 1 unspecified atom stereocenters. The van der Waals surface area contributed by atoms with Crippen LogP contribution in [-0.2, 0) is 0 Å². The Balaban J connectivity index is 1.74. The zero-order valence-corrected chi connectivity index (χ0v) is 11.7. The monoisotopic (exact) mass is 279 g/mol. The summed E-state index contributed by atoms with van der Waals surface area (Å²) in [5.41, 5.74) is 1.03. The second kappa shape index (κ2) is 5.30. The molecule has 106 valence electrons. The van der Waals surface area contributed by atoms with E-state index in [0.29, 0.717) is 11.7 Å². The Morgan fingerprint density at radius 2 is 1.95 bits per heavy atom. The van der Waals surface area contributed by atoms with Crippen LogP contribution in [0.2, 0.25) is 0 Å². The summed E-state index contributed by atoms with van der Waals surface area (Å²) in [7, 11) is 0. The maximum absolute atomic E-state index is 5.48. The molecular weight excluding hydrogens is 262 g/mol. The van der Waals surface area contributed by atoms with E-state index in [-0.39, 0.29) is 6.04 Å². The van der Waals surface area contributed by atoms with E-state index in [9.17, 15) is 0 Å². The molecular formula is C17H17N3O. The van der Waals surface area contributed by atoms with Crippen LogP contribution in [0.5, 0.6) is 0 Å². The molecule has 4 nitrogen and oxygen atoms in total. The van der Waals surface area contributed by atoms with Crippen LogP contribution in [0, 0.1) is 0 Å². The number of rotatable bonds is 2. The largest absolute Gasteiger partial charge is 0.337 e. The summed E-state index contributed by atoms with van der Waals surface area (Å²) < 4.78 is 5.48. The highest BCUT2D eigenvalue weighted by Crippen LogP contribution is 2.28. The standard InChI is InChI=1S/C17H17N3O/c1-2-8-13-12(6-1)7-5-9-14(13)16-19-17(21-20-16)15-10-3-4-11-18-15/h1-2,5-9,15,18H,3-4,10-11H2. The fraction of sp³-hybridized carbons (Fsp3) is 0.294. The van der Waals surface area contributed by atoms with Crippen LogP contribution in [0.1, 0.15) is 31.2 Å². The number of nitrogens with one attached hydrogen (secondary N) is 1. The smallest absolute Gasteiger partial charge is 0.244 e. The average Bonchev–Trinajstić information content (AvgIpc) is 3.05. The van der Waals surface area contributed by atoms with E-state index in [0.717, 1.165) is 23.9 Å². The summed E-state index contributed by atoms with van der Waals surface area (Å²) in [6.07, 6.45) is 3.50. The highest BCUT2D eigenvalue weighted by molar-refractivity contribution is 5.94. The average molecular weight is 279 g/mol. The van der Waals surface area contributed by atoms with Crippen molar-refractivity contribution in [2.24, 2.45) is 0 Å². The first-order valence-electron chi connectivity index (χ1n) is 7.47. The van der Waals surface area contributed by atoms with Crippen molar-refractivity contribution in [3.63, 3.8) is 0 Å². The van der Waals surface area contributed by atoms with Crippen molar-refractivity contribution >= 4 is 10.8 Å². The summed E-state index contributed by atoms with van der Waals surface area (Å²) >= 11 is 0. The lowest BCUT2D eigenvalue weighted by Gasteiger charge is -2.19. The van der Waals surface area contributed by atoms with E-state index in [1.54, 1.807) is 0 Å². The molecule has 0 radical (unpaired) electrons. The van der Waals surface area contributed by atoms with Crippen molar-refractivity contribution in [3.05, 3.63) is 48.4 Å². The number of fused-ring (bicyclic) bond motifs is 1. The molecule has 4 heteroatoms. The fourth-order valence-corrected chi connectivity index (χ4v) is 2.97. The van der Waals surface area contributed by atoms with Gasteiger partial charge in [-0.05, 0) is 30.2 Å². The third-order valence-electron chi connectivity index (χ3n) is 4.08. The molecule has 1 aliphatic rings. The van der Waals surface area contributed by atoms with Crippen molar-refractivity contribution in [2.45, 2.75) is 25.3 Å². The first kappa shape index (κ1) is 12.5. The minimum absolute atomic E-state index is 0.204. The van der Waals surface area contributed by atoms with Gasteiger partial charge in [0.2, 0.25) is 11.7 Å². The van der Waals surface area contributed by atoms with Crippen LogP contribution >= 0.6 is 0 Å². The number of nitrogens with zero attached hydrogens (tertiary/aromatic N) is 2. The number of hydrogen-bond donors (Lipinski definition) is 1. The van der Waals surface area contributed by atoms with Gasteiger partial charge in [-0.15, -0.1) is 0 Å². The van der Waals surface area contributed by atoms with Gasteiger partial charge in [0.25, 0.3) is 0 Å². The maximum Gasteiger partial charge on any atom is 0.244 e. The molecule has 0 bridgehead atoms. The summed E-state index contributed by atoms with van der Waals surface area (Å²) in [5, 5.41) is 9.97. The van der Waals surface area contributed by atoms with Crippen molar-refractivity contribution in [2.75, 3.05) is 6.54 Å². The molecule has 0 aliphatic carbocycles. The zero-order chi connectivity index (χ0) is 14.1. The Morgan fingerprint density at radius 1 is 1.05 bits per heavy atom. The Hall–Kier alpha value is -2.20. The second-order valence-corrected chi connectivity index (χ2v) is 5.49. The summed E-state index contributed by atoms with van der Waals surface area (Å²) in [6, 6.07) is 14.7. The topological polar surface area (TPSA) is 51.0 Å². The van der Waals surface area contributed by atoms with Gasteiger partial charge in [0.05, 0.1) is 6.04 Å². The van der Waals surface area contributed by atoms with Crippen molar-refractivity contribution in [1.82, 2.24) is 15.5 Å². The Labute approximate surface area is 123 Å². The van der Waals surface area contributed by atoms with Crippen LogP contribution in [0.3, 0.4) is 0 Å². The minimum atomic E-state index is 0.204. The van der Waals surface area contributed by atoms with E-state index < -0.39 is 0 Å². The molecule has 2 heterocycles. The summed E-state index contributed by atoms with van der Waals surface area (Å²) in [6.45, 7) is 1.02. The maximum atomic E-state index is 5.48. The molecule has 1 aromatic heterocycles. The highest BCUT2D eigenvalue weighted by Gasteiger charge is 2.21. The summed E-state index contributed by atoms with van der Waals surface area (Å²) in [4.78, 5) is 4.61. The van der Waals surface area contributed by atoms with Gasteiger partial charge in [0.1, 0.15) is 0 Å². The number of aromatic nitrogens is 2. The van der Waals surface area contributed by atoms with E-state index >= 15 is 0 Å². The van der Waals surface area contributed by atoms with E-state index in [4.69, 9.17) is 4.52 Å². The highest BCUT2D eigenvalue weighted by atomic mass is 16.5. The van der Waals surface area contributed by atoms with E-state index in [1.807, 2.05) is 24.3 Å². The summed E-state index contributed by atoms with van der Waals surface area (Å²) in [5.74, 6) is 1.38. The molecule has 1 aliphatic heterocycles. The predicted octanol–water partition coefficient (Wildman–Crippen LogP) is 3.70. The minimum Gasteiger partial charge on any atom is -0.337 e. The van der Waals surface area contributed by atoms with Gasteiger partial charge in [0.15, 0.2) is 0 Å².